The van der Waals surface area contributed by atoms with Crippen molar-refractivity contribution >= 4 is 17.5 Å². The largest absolute Gasteiger partial charge is 0.293 e. The van der Waals surface area contributed by atoms with Crippen LogP contribution in [0.1, 0.15) is 21.8 Å². The monoisotopic (exact) mass is 228 g/mol. The highest BCUT2D eigenvalue weighted by molar-refractivity contribution is 8.00. The van der Waals surface area contributed by atoms with E-state index in [9.17, 15) is 4.79 Å². The average Bonchev–Trinajstić information content (AvgIpc) is 2.49. The van der Waals surface area contributed by atoms with E-state index in [2.05, 4.69) is 30.4 Å². The maximum absolute atomic E-state index is 12.0. The second-order valence-electron chi connectivity index (χ2n) is 4.08. The van der Waals surface area contributed by atoms with E-state index >= 15 is 0 Å². The van der Waals surface area contributed by atoms with Crippen LogP contribution in [0.5, 0.6) is 0 Å². The van der Waals surface area contributed by atoms with Gasteiger partial charge >= 0.3 is 0 Å². The average molecular weight is 228 g/mol. The lowest BCUT2D eigenvalue weighted by molar-refractivity contribution is 0.102. The Kier molecular flexibility index (Phi) is 2.44. The summed E-state index contributed by atoms with van der Waals surface area (Å²) in [4.78, 5) is 12.0. The highest BCUT2D eigenvalue weighted by Crippen LogP contribution is 2.38. The molecule has 2 aliphatic rings. The van der Waals surface area contributed by atoms with Crippen LogP contribution in [0, 0.1) is 0 Å². The number of benzene rings is 1. The van der Waals surface area contributed by atoms with Crippen LogP contribution in [0.3, 0.4) is 0 Å². The Morgan fingerprint density at radius 1 is 1.12 bits per heavy atom. The van der Waals surface area contributed by atoms with Gasteiger partial charge in [0.15, 0.2) is 5.78 Å². The molecule has 2 atom stereocenters. The predicted molar refractivity (Wildman–Crippen MR) is 68.0 cm³/mol. The minimum Gasteiger partial charge on any atom is -0.293 e. The standard InChI is InChI=1S/C14H12OS/c15-13-9-16-14-8-4-3-7-12(14)10-5-1-2-6-11(10)13/h1-8,12,14H,9H2. The van der Waals surface area contributed by atoms with E-state index in [4.69, 9.17) is 0 Å². The number of carbonyl (C=O) groups is 1. The van der Waals surface area contributed by atoms with Crippen LogP contribution in [0.15, 0.2) is 48.6 Å². The molecule has 1 nitrogen and oxygen atoms in total. The van der Waals surface area contributed by atoms with Crippen molar-refractivity contribution in [2.45, 2.75) is 11.2 Å². The molecule has 1 aromatic carbocycles. The molecule has 0 fully saturated rings. The fraction of sp³-hybridized carbons (Fsp3) is 0.214. The van der Waals surface area contributed by atoms with Crippen LogP contribution < -0.4 is 0 Å². The molecule has 0 aromatic heterocycles. The zero-order chi connectivity index (χ0) is 11.0. The van der Waals surface area contributed by atoms with E-state index in [0.29, 0.717) is 16.9 Å². The predicted octanol–water partition coefficient (Wildman–Crippen LogP) is 3.19. The minimum absolute atomic E-state index is 0.261. The lowest BCUT2D eigenvalue weighted by atomic mass is 9.88. The summed E-state index contributed by atoms with van der Waals surface area (Å²) in [6.07, 6.45) is 8.56. The van der Waals surface area contributed by atoms with Gasteiger partial charge in [-0.3, -0.25) is 4.79 Å². The van der Waals surface area contributed by atoms with Crippen molar-refractivity contribution in [3.8, 4) is 0 Å². The molecule has 1 aromatic rings. The second kappa shape index (κ2) is 3.95. The number of carbonyl (C=O) groups excluding carboxylic acids is 1. The number of Topliss-reactive ketones (excluding diaryl/α,β-unsaturated/α-hetero) is 1. The van der Waals surface area contributed by atoms with E-state index in [1.807, 2.05) is 18.2 Å². The summed E-state index contributed by atoms with van der Waals surface area (Å²) in [7, 11) is 0. The molecular weight excluding hydrogens is 216 g/mol. The molecule has 0 spiro atoms. The first-order chi connectivity index (χ1) is 7.86. The number of thioether (sulfide) groups is 1. The van der Waals surface area contributed by atoms with Crippen LogP contribution >= 0.6 is 11.8 Å². The van der Waals surface area contributed by atoms with E-state index in [-0.39, 0.29) is 5.78 Å². The van der Waals surface area contributed by atoms with Crippen LogP contribution in [-0.4, -0.2) is 16.8 Å². The Morgan fingerprint density at radius 3 is 2.88 bits per heavy atom. The van der Waals surface area contributed by atoms with Crippen LogP contribution in [-0.2, 0) is 0 Å². The fourth-order valence-corrected chi connectivity index (χ4v) is 3.46. The Labute approximate surface area is 99.2 Å². The van der Waals surface area contributed by atoms with Crippen LogP contribution in [0.25, 0.3) is 0 Å². The highest BCUT2D eigenvalue weighted by Gasteiger charge is 2.28. The van der Waals surface area contributed by atoms with E-state index in [1.54, 1.807) is 11.8 Å². The van der Waals surface area contributed by atoms with Gasteiger partial charge in [-0.25, -0.2) is 0 Å². The molecule has 3 rings (SSSR count). The number of fused-ring (bicyclic) bond motifs is 3. The number of hydrogen-bond donors (Lipinski definition) is 0. The Hall–Kier alpha value is -1.28. The van der Waals surface area contributed by atoms with Gasteiger partial charge in [0.25, 0.3) is 0 Å². The van der Waals surface area contributed by atoms with Crippen LogP contribution in [0.4, 0.5) is 0 Å². The third-order valence-corrected chi connectivity index (χ3v) is 4.38. The second-order valence-corrected chi connectivity index (χ2v) is 5.25. The molecule has 0 amide bonds. The summed E-state index contributed by atoms with van der Waals surface area (Å²) in [6.45, 7) is 0. The summed E-state index contributed by atoms with van der Waals surface area (Å²) in [5.41, 5.74) is 2.09. The van der Waals surface area contributed by atoms with Crippen molar-refractivity contribution < 1.29 is 4.79 Å². The summed E-state index contributed by atoms with van der Waals surface area (Å²) in [5, 5.41) is 0.414. The smallest absolute Gasteiger partial charge is 0.173 e. The van der Waals surface area contributed by atoms with Crippen molar-refractivity contribution in [2.24, 2.45) is 0 Å². The van der Waals surface area contributed by atoms with Gasteiger partial charge in [0, 0.05) is 16.7 Å². The first-order valence-electron chi connectivity index (χ1n) is 5.45. The first-order valence-corrected chi connectivity index (χ1v) is 6.50. The maximum atomic E-state index is 12.0. The first kappa shape index (κ1) is 9.91. The Morgan fingerprint density at radius 2 is 1.94 bits per heavy atom. The molecule has 2 heteroatoms. The van der Waals surface area contributed by atoms with E-state index in [0.717, 1.165) is 5.56 Å². The summed E-state index contributed by atoms with van der Waals surface area (Å²) >= 11 is 1.75. The van der Waals surface area contributed by atoms with Gasteiger partial charge in [-0.15, -0.1) is 11.8 Å². The summed E-state index contributed by atoms with van der Waals surface area (Å²) in [6, 6.07) is 8.00. The van der Waals surface area contributed by atoms with Crippen LogP contribution in [0.2, 0.25) is 0 Å². The third-order valence-electron chi connectivity index (χ3n) is 3.11. The molecule has 16 heavy (non-hydrogen) atoms. The maximum Gasteiger partial charge on any atom is 0.173 e. The van der Waals surface area contributed by atoms with Crippen molar-refractivity contribution in [1.82, 2.24) is 0 Å². The fourth-order valence-electron chi connectivity index (χ4n) is 2.32. The normalized spacial score (nSPS) is 27.1. The molecule has 80 valence electrons. The lowest BCUT2D eigenvalue weighted by Crippen LogP contribution is -2.12. The molecule has 0 N–H and O–H groups in total. The third kappa shape index (κ3) is 1.54. The van der Waals surface area contributed by atoms with Crippen molar-refractivity contribution in [2.75, 3.05) is 5.75 Å². The summed E-state index contributed by atoms with van der Waals surface area (Å²) in [5.74, 6) is 1.21. The summed E-state index contributed by atoms with van der Waals surface area (Å²) < 4.78 is 0. The quantitative estimate of drug-likeness (QED) is 0.678. The molecule has 1 heterocycles. The van der Waals surface area contributed by atoms with Gasteiger partial charge in [-0.1, -0.05) is 48.6 Å². The van der Waals surface area contributed by atoms with Gasteiger partial charge < -0.3 is 0 Å². The number of ketones is 1. The number of rotatable bonds is 0. The zero-order valence-corrected chi connectivity index (χ0v) is 9.61. The number of hydrogen-bond acceptors (Lipinski definition) is 2. The van der Waals surface area contributed by atoms with E-state index < -0.39 is 0 Å². The molecule has 1 aliphatic heterocycles. The molecule has 0 saturated heterocycles. The molecular formula is C14H12OS. The van der Waals surface area contributed by atoms with Gasteiger partial charge in [0.1, 0.15) is 0 Å². The molecule has 0 bridgehead atoms. The Bertz CT molecular complexity index is 487. The SMILES string of the molecule is O=C1CSC2C=CC=CC2c2ccccc21. The van der Waals surface area contributed by atoms with Crippen molar-refractivity contribution in [1.29, 1.82) is 0 Å². The lowest BCUT2D eigenvalue weighted by Gasteiger charge is -2.22. The molecule has 0 saturated carbocycles. The van der Waals surface area contributed by atoms with Gasteiger partial charge in [0.05, 0.1) is 5.75 Å². The van der Waals surface area contributed by atoms with Gasteiger partial charge in [-0.05, 0) is 5.56 Å². The van der Waals surface area contributed by atoms with Crippen molar-refractivity contribution in [3.05, 3.63) is 59.7 Å². The van der Waals surface area contributed by atoms with Gasteiger partial charge in [-0.2, -0.15) is 0 Å². The van der Waals surface area contributed by atoms with Gasteiger partial charge in [0.2, 0.25) is 0 Å². The molecule has 2 unspecified atom stereocenters. The zero-order valence-electron chi connectivity index (χ0n) is 8.80. The number of allylic oxidation sites excluding steroid dienone is 3. The topological polar surface area (TPSA) is 17.1 Å². The Balaban J connectivity index is 2.15. The minimum atomic E-state index is 0.261. The molecule has 1 aliphatic carbocycles. The molecule has 0 radical (unpaired) electrons. The van der Waals surface area contributed by atoms with Crippen molar-refractivity contribution in [3.63, 3.8) is 0 Å². The highest BCUT2D eigenvalue weighted by atomic mass is 32.2. The van der Waals surface area contributed by atoms with E-state index in [1.165, 1.54) is 5.56 Å².